The summed E-state index contributed by atoms with van der Waals surface area (Å²) in [4.78, 5) is 51.4. The highest BCUT2D eigenvalue weighted by atomic mass is 31.2. The number of aliphatic hydroxyl groups excluding tert-OH is 1. The number of carbonyl (C=O) groups excluding carboxylic acids is 1. The number of benzene rings is 2. The second-order valence-electron chi connectivity index (χ2n) is 10.9. The van der Waals surface area contributed by atoms with Crippen molar-refractivity contribution in [2.45, 2.75) is 63.9 Å². The lowest BCUT2D eigenvalue weighted by Crippen LogP contribution is -2.43. The van der Waals surface area contributed by atoms with E-state index in [-0.39, 0.29) is 22.1 Å². The van der Waals surface area contributed by atoms with E-state index >= 15 is 4.39 Å². The minimum absolute atomic E-state index is 0.105. The van der Waals surface area contributed by atoms with E-state index in [9.17, 15) is 28.8 Å². The Morgan fingerprint density at radius 1 is 1.13 bits per heavy atom. The van der Waals surface area contributed by atoms with E-state index in [2.05, 4.69) is 5.09 Å². The average molecular weight is 648 g/mol. The third kappa shape index (κ3) is 6.63. The lowest BCUT2D eigenvalue weighted by atomic mass is 9.98. The third-order valence-corrected chi connectivity index (χ3v) is 8.70. The summed E-state index contributed by atoms with van der Waals surface area (Å²) in [6, 6.07) is 10.5. The van der Waals surface area contributed by atoms with Gasteiger partial charge in [0, 0.05) is 12.3 Å². The van der Waals surface area contributed by atoms with Crippen LogP contribution in [-0.2, 0) is 23.4 Å². The minimum Gasteiger partial charge on any atom is -0.462 e. The van der Waals surface area contributed by atoms with Gasteiger partial charge in [-0.2, -0.15) is 5.09 Å². The quantitative estimate of drug-likeness (QED) is 0.130. The summed E-state index contributed by atoms with van der Waals surface area (Å²) in [5, 5.41) is 13.6. The second-order valence-corrected chi connectivity index (χ2v) is 12.6. The van der Waals surface area contributed by atoms with Crippen molar-refractivity contribution in [2.24, 2.45) is 0 Å². The highest BCUT2D eigenvalue weighted by Gasteiger charge is 2.56. The summed E-state index contributed by atoms with van der Waals surface area (Å²) in [5.74, 6) is -0.889. The summed E-state index contributed by atoms with van der Waals surface area (Å²) < 4.78 is 58.4. The molecule has 0 radical (unpaired) electrons. The van der Waals surface area contributed by atoms with Gasteiger partial charge in [-0.05, 0) is 58.0 Å². The molecule has 45 heavy (non-hydrogen) atoms. The normalized spacial score (nSPS) is 23.7. The monoisotopic (exact) mass is 647 g/mol. The molecular weight excluding hydrogens is 616 g/mol. The van der Waals surface area contributed by atoms with Crippen LogP contribution in [0.5, 0.6) is 5.75 Å². The second kappa shape index (κ2) is 12.3. The Bertz CT molecular complexity index is 1970. The predicted molar refractivity (Wildman–Crippen MR) is 159 cm³/mol. The molecule has 6 atom stereocenters. The maximum Gasteiger partial charge on any atom is 0.459 e. The van der Waals surface area contributed by atoms with Crippen molar-refractivity contribution in [2.75, 3.05) is 6.61 Å². The van der Waals surface area contributed by atoms with Crippen LogP contribution < -0.4 is 26.3 Å². The number of carbonyl (C=O) groups is 1. The van der Waals surface area contributed by atoms with E-state index in [1.807, 2.05) is 4.98 Å². The fraction of sp³-hybridized carbons (Fsp3) is 0.379. The van der Waals surface area contributed by atoms with Crippen molar-refractivity contribution in [3.05, 3.63) is 85.8 Å². The molecular formula is C29H31FN3O11P. The van der Waals surface area contributed by atoms with E-state index in [0.717, 1.165) is 23.8 Å². The number of aromatic nitrogens is 2. The number of nitrogens with one attached hydrogen (secondary N) is 2. The zero-order valence-electron chi connectivity index (χ0n) is 24.6. The van der Waals surface area contributed by atoms with Gasteiger partial charge in [0.05, 0.1) is 23.5 Å². The van der Waals surface area contributed by atoms with Crippen molar-refractivity contribution >= 4 is 35.7 Å². The van der Waals surface area contributed by atoms with Gasteiger partial charge in [0.2, 0.25) is 5.43 Å². The van der Waals surface area contributed by atoms with Gasteiger partial charge in [0.15, 0.2) is 11.9 Å². The number of esters is 1. The van der Waals surface area contributed by atoms with Crippen molar-refractivity contribution < 1.29 is 41.8 Å². The molecule has 1 aliphatic rings. The molecule has 0 aliphatic carbocycles. The van der Waals surface area contributed by atoms with Gasteiger partial charge in [0.1, 0.15) is 35.2 Å². The molecule has 1 aliphatic heterocycles. The number of alkyl halides is 1. The number of para-hydroxylation sites is 1. The van der Waals surface area contributed by atoms with Crippen LogP contribution in [0.1, 0.15) is 33.9 Å². The molecule has 0 bridgehead atoms. The van der Waals surface area contributed by atoms with Crippen LogP contribution in [0, 0.1) is 0 Å². The number of aliphatic hydroxyl groups is 1. The Kier molecular flexibility index (Phi) is 8.84. The first-order valence-corrected chi connectivity index (χ1v) is 15.4. The zero-order chi connectivity index (χ0) is 32.7. The van der Waals surface area contributed by atoms with Gasteiger partial charge in [-0.1, -0.05) is 12.1 Å². The van der Waals surface area contributed by atoms with Crippen molar-refractivity contribution in [3.8, 4) is 5.75 Å². The van der Waals surface area contributed by atoms with Crippen molar-refractivity contribution in [3.63, 3.8) is 0 Å². The SMILES string of the molecule is CC(C)OC(=O)C(C)NP(=O)(OCC1OC(n2ccc(=O)[nH]c2=O)C(C)(F)C1O)Oc1ccc2oc3ccccc3c(=O)c2c1. The number of rotatable bonds is 10. The van der Waals surface area contributed by atoms with Crippen molar-refractivity contribution in [1.29, 1.82) is 0 Å². The number of ether oxygens (including phenoxy) is 2. The number of hydrogen-bond acceptors (Lipinski definition) is 11. The smallest absolute Gasteiger partial charge is 0.459 e. The summed E-state index contributed by atoms with van der Waals surface area (Å²) in [6.07, 6.45) is -4.55. The van der Waals surface area contributed by atoms with E-state index in [0.29, 0.717) is 11.0 Å². The maximum absolute atomic E-state index is 15.7. The lowest BCUT2D eigenvalue weighted by Gasteiger charge is -2.25. The number of aromatic amines is 1. The Balaban J connectivity index is 1.43. The number of H-pyrrole nitrogens is 1. The van der Waals surface area contributed by atoms with E-state index in [1.165, 1.54) is 25.1 Å². The van der Waals surface area contributed by atoms with Crippen LogP contribution in [0.2, 0.25) is 0 Å². The molecule has 0 saturated carbocycles. The molecule has 0 amide bonds. The van der Waals surface area contributed by atoms with Gasteiger partial charge in [-0.25, -0.2) is 13.8 Å². The van der Waals surface area contributed by atoms with E-state index in [4.69, 9.17) is 22.9 Å². The fourth-order valence-electron chi connectivity index (χ4n) is 4.83. The Morgan fingerprint density at radius 2 is 1.84 bits per heavy atom. The maximum atomic E-state index is 15.7. The number of halogens is 1. The van der Waals surface area contributed by atoms with Crippen LogP contribution >= 0.6 is 7.75 Å². The number of hydrogen-bond donors (Lipinski definition) is 3. The van der Waals surface area contributed by atoms with Crippen LogP contribution in [0.3, 0.4) is 0 Å². The highest BCUT2D eigenvalue weighted by molar-refractivity contribution is 7.52. The Labute approximate surface area is 254 Å². The molecule has 3 heterocycles. The summed E-state index contributed by atoms with van der Waals surface area (Å²) in [6.45, 7) is 4.84. The molecule has 2 aromatic carbocycles. The average Bonchev–Trinajstić information content (AvgIpc) is 3.19. The first-order valence-electron chi connectivity index (χ1n) is 13.9. The Hall–Kier alpha value is -4.14. The van der Waals surface area contributed by atoms with Crippen LogP contribution in [-0.4, -0.2) is 57.3 Å². The highest BCUT2D eigenvalue weighted by Crippen LogP contribution is 2.48. The van der Waals surface area contributed by atoms with Gasteiger partial charge in [-0.15, -0.1) is 0 Å². The molecule has 240 valence electrons. The molecule has 1 fully saturated rings. The summed E-state index contributed by atoms with van der Waals surface area (Å²) in [7, 11) is -4.58. The molecule has 0 spiro atoms. The first kappa shape index (κ1) is 32.3. The van der Waals surface area contributed by atoms with Crippen LogP contribution in [0.25, 0.3) is 21.9 Å². The topological polar surface area (TPSA) is 188 Å². The molecule has 4 aromatic rings. The minimum atomic E-state index is -4.58. The van der Waals surface area contributed by atoms with Crippen LogP contribution in [0.15, 0.2) is 73.5 Å². The Morgan fingerprint density at radius 3 is 2.56 bits per heavy atom. The largest absolute Gasteiger partial charge is 0.462 e. The van der Waals surface area contributed by atoms with Gasteiger partial charge < -0.3 is 23.5 Å². The zero-order valence-corrected chi connectivity index (χ0v) is 25.5. The van der Waals surface area contributed by atoms with Gasteiger partial charge >= 0.3 is 19.4 Å². The predicted octanol–water partition coefficient (Wildman–Crippen LogP) is 2.92. The summed E-state index contributed by atoms with van der Waals surface area (Å²) >= 11 is 0. The first-order chi connectivity index (χ1) is 21.2. The fourth-order valence-corrected chi connectivity index (χ4v) is 6.32. The molecule has 3 N–H and O–H groups in total. The molecule has 6 unspecified atom stereocenters. The summed E-state index contributed by atoms with van der Waals surface area (Å²) in [5.41, 5.74) is -4.02. The molecule has 14 nitrogen and oxygen atoms in total. The molecule has 1 saturated heterocycles. The molecule has 2 aromatic heterocycles. The standard InChI is InChI=1S/C29H31FN3O11P/c1-15(2)41-26(37)16(3)32-45(39,44-17-9-10-21-19(13-17)24(35)18-7-5-6-8-20(18)42-21)40-14-22-25(36)29(4,30)27(43-22)33-12-11-23(34)31-28(33)38/h5-13,15-16,22,25,27,36H,14H2,1-4H3,(H,32,39)(H,31,34,38). The molecule has 5 rings (SSSR count). The number of nitrogens with zero attached hydrogens (tertiary/aromatic N) is 1. The van der Waals surface area contributed by atoms with Crippen LogP contribution in [0.4, 0.5) is 4.39 Å². The lowest BCUT2D eigenvalue weighted by molar-refractivity contribution is -0.149. The third-order valence-electron chi connectivity index (χ3n) is 7.06. The van der Waals surface area contributed by atoms with Gasteiger partial charge in [0.25, 0.3) is 5.56 Å². The van der Waals surface area contributed by atoms with E-state index in [1.54, 1.807) is 38.1 Å². The number of fused-ring (bicyclic) bond motifs is 2. The van der Waals surface area contributed by atoms with Gasteiger partial charge in [-0.3, -0.25) is 28.5 Å². The van der Waals surface area contributed by atoms with Crippen molar-refractivity contribution in [1.82, 2.24) is 14.6 Å². The molecule has 16 heteroatoms. The van der Waals surface area contributed by atoms with E-state index < -0.39 is 67.8 Å².